The van der Waals surface area contributed by atoms with Crippen molar-refractivity contribution in [3.05, 3.63) is 59.4 Å². The molecular weight excluding hydrogens is 472 g/mol. The van der Waals surface area contributed by atoms with Gasteiger partial charge in [0.25, 0.3) is 0 Å². The van der Waals surface area contributed by atoms with Gasteiger partial charge in [-0.3, -0.25) is 4.79 Å². The van der Waals surface area contributed by atoms with E-state index in [1.54, 1.807) is 19.9 Å². The molecule has 33 heavy (non-hydrogen) atoms. The Labute approximate surface area is 187 Å². The van der Waals surface area contributed by atoms with Crippen LogP contribution in [0.3, 0.4) is 0 Å². The minimum Gasteiger partial charge on any atom is -0.480 e. The van der Waals surface area contributed by atoms with E-state index >= 15 is 0 Å². The summed E-state index contributed by atoms with van der Waals surface area (Å²) in [5, 5.41) is 9.55. The second-order valence-electron chi connectivity index (χ2n) is 7.18. The number of aliphatic carboxylic acids is 1. The van der Waals surface area contributed by atoms with Gasteiger partial charge in [0.2, 0.25) is 34.8 Å². The van der Waals surface area contributed by atoms with Crippen molar-refractivity contribution in [3.8, 4) is 11.5 Å². The van der Waals surface area contributed by atoms with Crippen molar-refractivity contribution in [1.82, 2.24) is 4.67 Å². The predicted octanol–water partition coefficient (Wildman–Crippen LogP) is 6.16. The molecule has 0 radical (unpaired) electrons. The van der Waals surface area contributed by atoms with Crippen LogP contribution in [0.1, 0.15) is 33.6 Å². The molecule has 2 atom stereocenters. The Balaban J connectivity index is 2.70. The Kier molecular flexibility index (Phi) is 8.85. The summed E-state index contributed by atoms with van der Waals surface area (Å²) in [7, 11) is -5.06. The number of rotatable bonds is 11. The molecule has 0 heterocycles. The van der Waals surface area contributed by atoms with Crippen molar-refractivity contribution >= 4 is 13.7 Å². The van der Waals surface area contributed by atoms with Gasteiger partial charge in [-0.15, -0.1) is 0 Å². The number of carboxylic acids is 1. The Morgan fingerprint density at radius 2 is 1.42 bits per heavy atom. The van der Waals surface area contributed by atoms with Gasteiger partial charge in [0.05, 0.1) is 0 Å². The van der Waals surface area contributed by atoms with Gasteiger partial charge in [-0.1, -0.05) is 44.9 Å². The van der Waals surface area contributed by atoms with Crippen LogP contribution in [0.2, 0.25) is 0 Å². The molecule has 0 saturated heterocycles. The molecule has 6 nitrogen and oxygen atoms in total. The third-order valence-electron chi connectivity index (χ3n) is 5.06. The van der Waals surface area contributed by atoms with E-state index in [1.807, 2.05) is 0 Å². The molecule has 0 unspecified atom stereocenters. The molecule has 0 fully saturated rings. The monoisotopic (exact) mass is 495 g/mol. The second kappa shape index (κ2) is 11.0. The lowest BCUT2D eigenvalue weighted by Gasteiger charge is -2.34. The fourth-order valence-corrected chi connectivity index (χ4v) is 4.91. The highest BCUT2D eigenvalue weighted by Gasteiger charge is 2.45. The summed E-state index contributed by atoms with van der Waals surface area (Å²) in [6.07, 6.45) is 1.01. The fraction of sp³-hybridized carbons (Fsp3) is 0.381. The van der Waals surface area contributed by atoms with Crippen molar-refractivity contribution < 1.29 is 45.5 Å². The molecule has 0 bridgehead atoms. The van der Waals surface area contributed by atoms with Crippen LogP contribution in [-0.4, -0.2) is 28.3 Å². The summed E-state index contributed by atoms with van der Waals surface area (Å²) >= 11 is 0. The van der Waals surface area contributed by atoms with Crippen molar-refractivity contribution in [2.75, 3.05) is 6.54 Å². The van der Waals surface area contributed by atoms with Crippen LogP contribution < -0.4 is 9.05 Å². The molecule has 0 spiro atoms. The highest BCUT2D eigenvalue weighted by atomic mass is 31.2. The van der Waals surface area contributed by atoms with Crippen molar-refractivity contribution in [1.29, 1.82) is 0 Å². The van der Waals surface area contributed by atoms with Crippen LogP contribution in [0.15, 0.2) is 30.3 Å². The molecule has 0 amide bonds. The molecule has 0 saturated carbocycles. The number of nitrogens with zero attached hydrogens (tertiary/aromatic N) is 1. The quantitative estimate of drug-likeness (QED) is 0.174. The number of benzene rings is 2. The molecular formula is C21H23F5NO5P. The van der Waals surface area contributed by atoms with Crippen LogP contribution in [-0.2, 0) is 9.36 Å². The molecule has 2 aromatic rings. The van der Waals surface area contributed by atoms with Gasteiger partial charge in [-0.2, -0.15) is 13.5 Å². The van der Waals surface area contributed by atoms with E-state index in [2.05, 4.69) is 0 Å². The normalized spacial score (nSPS) is 14.2. The maximum absolute atomic E-state index is 14.3. The number of para-hydroxylation sites is 1. The smallest absolute Gasteiger partial charge is 0.480 e. The molecule has 0 aliphatic rings. The van der Waals surface area contributed by atoms with Gasteiger partial charge in [0.1, 0.15) is 11.8 Å². The third-order valence-corrected chi connectivity index (χ3v) is 7.05. The van der Waals surface area contributed by atoms with Crippen LogP contribution in [0, 0.1) is 35.0 Å². The maximum Gasteiger partial charge on any atom is 0.516 e. The highest BCUT2D eigenvalue weighted by molar-refractivity contribution is 7.52. The number of hydrogen-bond acceptors (Lipinski definition) is 4. The Morgan fingerprint density at radius 3 is 1.88 bits per heavy atom. The SMILES string of the molecule is CCC(CC)CN([C@@H](C)C(=O)O)[P@](=O)(Oc1ccccc1)Oc1c(F)c(F)c(F)c(F)c1F. The van der Waals surface area contributed by atoms with Crippen LogP contribution >= 0.6 is 7.75 Å². The standard InChI is InChI=1S/C21H23F5NO5P/c1-4-13(5-2)11-27(12(3)21(28)29)33(30,31-14-9-7-6-8-10-14)32-20-18(25)16(23)15(22)17(24)19(20)26/h6-10,12-13H,4-5,11H2,1-3H3,(H,28,29)/t12-,33-/m0/s1. The zero-order chi connectivity index (χ0) is 24.9. The summed E-state index contributed by atoms with van der Waals surface area (Å²) in [6.45, 7) is 4.48. The van der Waals surface area contributed by atoms with E-state index < -0.39 is 54.6 Å². The molecule has 0 aliphatic carbocycles. The van der Waals surface area contributed by atoms with E-state index in [-0.39, 0.29) is 18.2 Å². The van der Waals surface area contributed by atoms with E-state index in [0.29, 0.717) is 12.8 Å². The third kappa shape index (κ3) is 5.83. The van der Waals surface area contributed by atoms with E-state index in [9.17, 15) is 36.4 Å². The van der Waals surface area contributed by atoms with Gasteiger partial charge in [0, 0.05) is 6.54 Å². The molecule has 2 aromatic carbocycles. The highest BCUT2D eigenvalue weighted by Crippen LogP contribution is 2.54. The molecule has 2 rings (SSSR count). The number of carbonyl (C=O) groups is 1. The van der Waals surface area contributed by atoms with Crippen LogP contribution in [0.4, 0.5) is 22.0 Å². The van der Waals surface area contributed by atoms with Crippen molar-refractivity contribution in [3.63, 3.8) is 0 Å². The Hall–Kier alpha value is -2.65. The molecule has 0 aromatic heterocycles. The first-order valence-electron chi connectivity index (χ1n) is 10.0. The van der Waals surface area contributed by atoms with E-state index in [0.717, 1.165) is 11.6 Å². The van der Waals surface area contributed by atoms with Gasteiger partial charge in [-0.25, -0.2) is 17.7 Å². The number of halogens is 5. The molecule has 1 N–H and O–H groups in total. The lowest BCUT2D eigenvalue weighted by molar-refractivity contribution is -0.141. The number of hydrogen-bond donors (Lipinski definition) is 1. The molecule has 12 heteroatoms. The average Bonchev–Trinajstić information content (AvgIpc) is 2.80. The Bertz CT molecular complexity index is 1010. The van der Waals surface area contributed by atoms with Crippen LogP contribution in [0.25, 0.3) is 0 Å². The van der Waals surface area contributed by atoms with Gasteiger partial charge in [0.15, 0.2) is 0 Å². The summed E-state index contributed by atoms with van der Waals surface area (Å²) in [5.74, 6) is -15.5. The zero-order valence-corrected chi connectivity index (χ0v) is 18.9. The van der Waals surface area contributed by atoms with Gasteiger partial charge >= 0.3 is 13.7 Å². The van der Waals surface area contributed by atoms with Crippen molar-refractivity contribution in [2.45, 2.75) is 39.7 Å². The lowest BCUT2D eigenvalue weighted by Crippen LogP contribution is -2.42. The molecule has 182 valence electrons. The average molecular weight is 495 g/mol. The molecule has 0 aliphatic heterocycles. The summed E-state index contributed by atoms with van der Waals surface area (Å²) < 4.78 is 94.5. The second-order valence-corrected chi connectivity index (χ2v) is 9.00. The Morgan fingerprint density at radius 1 is 0.939 bits per heavy atom. The first-order valence-corrected chi connectivity index (χ1v) is 11.5. The minimum absolute atomic E-state index is 0.142. The first kappa shape index (κ1) is 26.6. The number of carboxylic acid groups (broad SMARTS) is 1. The fourth-order valence-electron chi connectivity index (χ4n) is 2.93. The van der Waals surface area contributed by atoms with Crippen molar-refractivity contribution in [2.24, 2.45) is 5.92 Å². The van der Waals surface area contributed by atoms with Gasteiger partial charge in [-0.05, 0) is 25.0 Å². The summed E-state index contributed by atoms with van der Waals surface area (Å²) in [5.41, 5.74) is 0. The van der Waals surface area contributed by atoms with E-state index in [1.165, 1.54) is 24.3 Å². The summed E-state index contributed by atoms with van der Waals surface area (Å²) in [6, 6.07) is 5.53. The topological polar surface area (TPSA) is 76.1 Å². The zero-order valence-electron chi connectivity index (χ0n) is 18.0. The maximum atomic E-state index is 14.3. The summed E-state index contributed by atoms with van der Waals surface area (Å²) in [4.78, 5) is 11.7. The largest absolute Gasteiger partial charge is 0.516 e. The predicted molar refractivity (Wildman–Crippen MR) is 109 cm³/mol. The van der Waals surface area contributed by atoms with Crippen LogP contribution in [0.5, 0.6) is 11.5 Å². The minimum atomic E-state index is -5.06. The first-order chi connectivity index (χ1) is 15.5. The lowest BCUT2D eigenvalue weighted by atomic mass is 10.0. The van der Waals surface area contributed by atoms with Gasteiger partial charge < -0.3 is 14.2 Å². The van der Waals surface area contributed by atoms with E-state index in [4.69, 9.17) is 9.05 Å².